The molecule has 15 heavy (non-hydrogen) atoms. The molecule has 1 aliphatic carbocycles. The minimum atomic E-state index is 0.419. The van der Waals surface area contributed by atoms with Crippen molar-refractivity contribution in [2.75, 3.05) is 7.11 Å². The third-order valence-corrected chi connectivity index (χ3v) is 3.28. The predicted molar refractivity (Wildman–Crippen MR) is 59.4 cm³/mol. The van der Waals surface area contributed by atoms with E-state index in [1.54, 1.807) is 13.3 Å². The summed E-state index contributed by atoms with van der Waals surface area (Å²) in [6, 6.07) is 0. The average molecular weight is 227 g/mol. The quantitative estimate of drug-likeness (QED) is 0.727. The van der Waals surface area contributed by atoms with Crippen LogP contribution in [0.25, 0.3) is 0 Å². The molecule has 1 aliphatic rings. The third kappa shape index (κ3) is 2.23. The van der Waals surface area contributed by atoms with Crippen LogP contribution in [0.5, 0.6) is 5.75 Å². The highest BCUT2D eigenvalue weighted by Gasteiger charge is 2.25. The molecule has 0 bridgehead atoms. The number of ether oxygens (including phenoxy) is 1. The maximum atomic E-state index is 5.97. The first-order valence-corrected chi connectivity index (χ1v) is 5.65. The molecule has 0 aliphatic heterocycles. The van der Waals surface area contributed by atoms with Crippen molar-refractivity contribution in [1.29, 1.82) is 0 Å². The van der Waals surface area contributed by atoms with Crippen molar-refractivity contribution in [2.45, 2.75) is 32.1 Å². The number of aromatic nitrogens is 2. The second kappa shape index (κ2) is 4.35. The first-order chi connectivity index (χ1) is 7.20. The van der Waals surface area contributed by atoms with Crippen molar-refractivity contribution in [3.8, 4) is 5.75 Å². The molecular formula is C11H15ClN2O. The topological polar surface area (TPSA) is 35.0 Å². The van der Waals surface area contributed by atoms with Crippen molar-refractivity contribution < 1.29 is 4.74 Å². The van der Waals surface area contributed by atoms with Crippen LogP contribution in [-0.2, 0) is 0 Å². The molecule has 0 radical (unpaired) electrons. The Bertz CT molecular complexity index is 356. The highest BCUT2D eigenvalue weighted by molar-refractivity contribution is 6.30. The normalized spacial score (nSPS) is 25.5. The molecule has 0 aromatic carbocycles. The van der Waals surface area contributed by atoms with Crippen LogP contribution in [0.3, 0.4) is 0 Å². The third-order valence-electron chi connectivity index (χ3n) is 3.01. The van der Waals surface area contributed by atoms with Crippen LogP contribution >= 0.6 is 11.6 Å². The Kier molecular flexibility index (Phi) is 3.10. The zero-order valence-corrected chi connectivity index (χ0v) is 9.79. The lowest BCUT2D eigenvalue weighted by molar-refractivity contribution is 0.409. The van der Waals surface area contributed by atoms with Gasteiger partial charge in [0.05, 0.1) is 13.3 Å². The largest absolute Gasteiger partial charge is 0.492 e. The number of methoxy groups -OCH3 is 1. The van der Waals surface area contributed by atoms with Crippen LogP contribution in [0.4, 0.5) is 0 Å². The van der Waals surface area contributed by atoms with Gasteiger partial charge in [0.25, 0.3) is 0 Å². The van der Waals surface area contributed by atoms with E-state index in [0.29, 0.717) is 16.8 Å². The van der Waals surface area contributed by atoms with Crippen molar-refractivity contribution >= 4 is 11.6 Å². The van der Waals surface area contributed by atoms with Crippen LogP contribution < -0.4 is 4.74 Å². The Balaban J connectivity index is 2.19. The second-order valence-electron chi connectivity index (χ2n) is 4.20. The minimum absolute atomic E-state index is 0.419. The molecule has 0 spiro atoms. The van der Waals surface area contributed by atoms with Gasteiger partial charge in [-0.3, -0.25) is 0 Å². The lowest BCUT2D eigenvalue weighted by Crippen LogP contribution is -2.02. The lowest BCUT2D eigenvalue weighted by atomic mass is 10.1. The molecule has 0 saturated heterocycles. The number of rotatable bonds is 2. The van der Waals surface area contributed by atoms with Crippen molar-refractivity contribution in [1.82, 2.24) is 9.97 Å². The maximum absolute atomic E-state index is 5.97. The van der Waals surface area contributed by atoms with E-state index in [1.807, 2.05) is 0 Å². The van der Waals surface area contributed by atoms with Gasteiger partial charge in [-0.2, -0.15) is 0 Å². The maximum Gasteiger partial charge on any atom is 0.174 e. The van der Waals surface area contributed by atoms with E-state index in [1.165, 1.54) is 19.3 Å². The number of hydrogen-bond donors (Lipinski definition) is 0. The molecule has 1 aromatic heterocycles. The van der Waals surface area contributed by atoms with Crippen LogP contribution in [-0.4, -0.2) is 17.1 Å². The summed E-state index contributed by atoms with van der Waals surface area (Å²) in [5, 5.41) is 0.419. The molecule has 3 nitrogen and oxygen atoms in total. The summed E-state index contributed by atoms with van der Waals surface area (Å²) in [6.45, 7) is 2.27. The van der Waals surface area contributed by atoms with Gasteiger partial charge in [-0.25, -0.2) is 9.97 Å². The van der Waals surface area contributed by atoms with Crippen molar-refractivity contribution in [3.63, 3.8) is 0 Å². The van der Waals surface area contributed by atoms with Gasteiger partial charge in [-0.1, -0.05) is 18.5 Å². The van der Waals surface area contributed by atoms with E-state index >= 15 is 0 Å². The summed E-state index contributed by atoms with van der Waals surface area (Å²) < 4.78 is 5.03. The number of nitrogens with zero attached hydrogens (tertiary/aromatic N) is 2. The van der Waals surface area contributed by atoms with Gasteiger partial charge in [0, 0.05) is 5.92 Å². The monoisotopic (exact) mass is 226 g/mol. The summed E-state index contributed by atoms with van der Waals surface area (Å²) in [6.07, 6.45) is 5.26. The molecule has 2 unspecified atom stereocenters. The molecule has 1 aromatic rings. The van der Waals surface area contributed by atoms with Gasteiger partial charge in [0.2, 0.25) is 0 Å². The number of halogens is 1. The summed E-state index contributed by atoms with van der Waals surface area (Å²) in [7, 11) is 1.57. The van der Waals surface area contributed by atoms with Gasteiger partial charge >= 0.3 is 0 Å². The zero-order chi connectivity index (χ0) is 10.8. The minimum Gasteiger partial charge on any atom is -0.492 e. The Morgan fingerprint density at radius 1 is 1.47 bits per heavy atom. The van der Waals surface area contributed by atoms with E-state index in [-0.39, 0.29) is 0 Å². The molecule has 2 atom stereocenters. The zero-order valence-electron chi connectivity index (χ0n) is 9.03. The Hall–Kier alpha value is -0.830. The molecule has 1 saturated carbocycles. The molecule has 82 valence electrons. The highest BCUT2D eigenvalue weighted by Crippen LogP contribution is 2.37. The predicted octanol–water partition coefficient (Wildman–Crippen LogP) is 3.04. The van der Waals surface area contributed by atoms with Crippen LogP contribution in [0.1, 0.15) is 37.9 Å². The van der Waals surface area contributed by atoms with Gasteiger partial charge in [0.1, 0.15) is 5.82 Å². The smallest absolute Gasteiger partial charge is 0.174 e. The van der Waals surface area contributed by atoms with Crippen molar-refractivity contribution in [2.24, 2.45) is 5.92 Å². The molecule has 2 rings (SSSR count). The Morgan fingerprint density at radius 2 is 2.27 bits per heavy atom. The standard InChI is InChI=1S/C11H15ClN2O/c1-7-3-4-8(5-7)11-13-6-9(15-2)10(12)14-11/h6-8H,3-5H2,1-2H3. The lowest BCUT2D eigenvalue weighted by Gasteiger charge is -2.09. The van der Waals surface area contributed by atoms with Gasteiger partial charge < -0.3 is 4.74 Å². The molecular weight excluding hydrogens is 212 g/mol. The van der Waals surface area contributed by atoms with E-state index in [0.717, 1.165) is 11.7 Å². The van der Waals surface area contributed by atoms with Crippen LogP contribution in [0.15, 0.2) is 6.20 Å². The molecule has 1 fully saturated rings. The summed E-state index contributed by atoms with van der Waals surface area (Å²) >= 11 is 5.97. The molecule has 0 amide bonds. The van der Waals surface area contributed by atoms with E-state index in [2.05, 4.69) is 16.9 Å². The van der Waals surface area contributed by atoms with Crippen LogP contribution in [0, 0.1) is 5.92 Å². The van der Waals surface area contributed by atoms with E-state index < -0.39 is 0 Å². The summed E-state index contributed by atoms with van der Waals surface area (Å²) in [5.74, 6) is 2.67. The first kappa shape index (κ1) is 10.7. The first-order valence-electron chi connectivity index (χ1n) is 5.27. The van der Waals surface area contributed by atoms with E-state index in [9.17, 15) is 0 Å². The van der Waals surface area contributed by atoms with Gasteiger partial charge in [-0.15, -0.1) is 0 Å². The average Bonchev–Trinajstić information content (AvgIpc) is 2.65. The molecule has 0 N–H and O–H groups in total. The SMILES string of the molecule is COc1cnc(C2CCC(C)C2)nc1Cl. The van der Waals surface area contributed by atoms with Gasteiger partial charge in [0.15, 0.2) is 10.9 Å². The summed E-state index contributed by atoms with van der Waals surface area (Å²) in [5.41, 5.74) is 0. The Labute approximate surface area is 94.8 Å². The fourth-order valence-corrected chi connectivity index (χ4v) is 2.35. The molecule has 4 heteroatoms. The Morgan fingerprint density at radius 3 is 2.80 bits per heavy atom. The van der Waals surface area contributed by atoms with Crippen molar-refractivity contribution in [3.05, 3.63) is 17.2 Å². The fourth-order valence-electron chi connectivity index (χ4n) is 2.14. The molecule has 1 heterocycles. The van der Waals surface area contributed by atoms with Gasteiger partial charge in [-0.05, 0) is 25.2 Å². The second-order valence-corrected chi connectivity index (χ2v) is 4.56. The summed E-state index contributed by atoms with van der Waals surface area (Å²) in [4.78, 5) is 8.60. The number of hydrogen-bond acceptors (Lipinski definition) is 3. The van der Waals surface area contributed by atoms with Crippen LogP contribution in [0.2, 0.25) is 5.15 Å². The fraction of sp³-hybridized carbons (Fsp3) is 0.636. The van der Waals surface area contributed by atoms with E-state index in [4.69, 9.17) is 16.3 Å². The highest BCUT2D eigenvalue weighted by atomic mass is 35.5.